The van der Waals surface area contributed by atoms with Crippen LogP contribution in [0, 0.1) is 11.8 Å². The van der Waals surface area contributed by atoms with Crippen LogP contribution in [0.3, 0.4) is 0 Å². The fourth-order valence-corrected chi connectivity index (χ4v) is 5.62. The smallest absolute Gasteiger partial charge is 0.0400 e. The molecule has 0 unspecified atom stereocenters. The zero-order chi connectivity index (χ0) is 21.1. The topological polar surface area (TPSA) is 58.5 Å². The van der Waals surface area contributed by atoms with Crippen molar-refractivity contribution in [1.82, 2.24) is 0 Å². The molecule has 2 aliphatic rings. The van der Waals surface area contributed by atoms with E-state index in [1.807, 2.05) is 0 Å². The van der Waals surface area contributed by atoms with Gasteiger partial charge in [-0.15, -0.1) is 0 Å². The van der Waals surface area contributed by atoms with Crippen molar-refractivity contribution in [2.24, 2.45) is 11.8 Å². The molecule has 4 heteroatoms. The van der Waals surface area contributed by atoms with Gasteiger partial charge in [0.15, 0.2) is 0 Å². The number of hydrogen-bond acceptors (Lipinski definition) is 4. The number of anilines is 4. The molecule has 0 bridgehead atoms. The van der Waals surface area contributed by atoms with Gasteiger partial charge in [-0.05, 0) is 97.9 Å². The van der Waals surface area contributed by atoms with Gasteiger partial charge in [0.2, 0.25) is 0 Å². The lowest BCUT2D eigenvalue weighted by Gasteiger charge is -2.42. The summed E-state index contributed by atoms with van der Waals surface area (Å²) in [6, 6.07) is 12.9. The van der Waals surface area contributed by atoms with Crippen molar-refractivity contribution in [3.8, 4) is 0 Å². The molecular weight excluding hydrogens is 368 g/mol. The fraction of sp³-hybridized carbons (Fsp3) is 0.538. The Bertz CT molecular complexity index is 775. The molecule has 0 amide bonds. The van der Waals surface area contributed by atoms with Gasteiger partial charge in [-0.1, -0.05) is 13.8 Å². The predicted molar refractivity (Wildman–Crippen MR) is 130 cm³/mol. The first-order valence-corrected chi connectivity index (χ1v) is 11.9. The minimum Gasteiger partial charge on any atom is -0.399 e. The van der Waals surface area contributed by atoms with E-state index in [0.717, 1.165) is 36.1 Å². The molecule has 2 saturated heterocycles. The van der Waals surface area contributed by atoms with Crippen LogP contribution in [0.2, 0.25) is 0 Å². The second kappa shape index (κ2) is 9.20. The standard InChI is InChI=1S/C26H38N4/c1-3-19-17-23(27)5-7-25(19)29-13-9-21(10-14-29)22-11-15-30(16-12-22)26-8-6-24(28)18-20(26)4-2/h5-8,17-18,21-22H,3-4,9-16,27-28H2,1-2H3. The lowest BCUT2D eigenvalue weighted by Crippen LogP contribution is -2.41. The van der Waals surface area contributed by atoms with E-state index >= 15 is 0 Å². The maximum absolute atomic E-state index is 6.00. The summed E-state index contributed by atoms with van der Waals surface area (Å²) in [5.74, 6) is 1.75. The summed E-state index contributed by atoms with van der Waals surface area (Å²) in [6.07, 6.45) is 7.37. The summed E-state index contributed by atoms with van der Waals surface area (Å²) in [7, 11) is 0. The molecule has 4 nitrogen and oxygen atoms in total. The Kier molecular flexibility index (Phi) is 6.40. The van der Waals surface area contributed by atoms with Gasteiger partial charge in [0, 0.05) is 48.9 Å². The number of piperidine rings is 2. The molecule has 30 heavy (non-hydrogen) atoms. The van der Waals surface area contributed by atoms with Gasteiger partial charge < -0.3 is 21.3 Å². The van der Waals surface area contributed by atoms with Crippen LogP contribution in [-0.4, -0.2) is 26.2 Å². The molecule has 0 spiro atoms. The predicted octanol–water partition coefficient (Wildman–Crippen LogP) is 5.11. The van der Waals surface area contributed by atoms with Crippen molar-refractivity contribution in [1.29, 1.82) is 0 Å². The van der Waals surface area contributed by atoms with Gasteiger partial charge >= 0.3 is 0 Å². The van der Waals surface area contributed by atoms with Crippen LogP contribution in [-0.2, 0) is 12.8 Å². The Hall–Kier alpha value is -2.36. The van der Waals surface area contributed by atoms with Crippen molar-refractivity contribution in [3.63, 3.8) is 0 Å². The molecule has 2 aromatic rings. The SMILES string of the molecule is CCc1cc(N)ccc1N1CCC(C2CCN(c3ccc(N)cc3CC)CC2)CC1. The molecule has 2 fully saturated rings. The zero-order valence-electron chi connectivity index (χ0n) is 18.7. The van der Waals surface area contributed by atoms with E-state index < -0.39 is 0 Å². The van der Waals surface area contributed by atoms with Crippen molar-refractivity contribution in [3.05, 3.63) is 47.5 Å². The molecule has 2 aliphatic heterocycles. The fourth-order valence-electron chi connectivity index (χ4n) is 5.62. The van der Waals surface area contributed by atoms with E-state index in [1.165, 1.54) is 74.4 Å². The maximum Gasteiger partial charge on any atom is 0.0400 e. The minimum atomic E-state index is 0.874. The summed E-state index contributed by atoms with van der Waals surface area (Å²) < 4.78 is 0. The number of benzene rings is 2. The first-order chi connectivity index (χ1) is 14.6. The van der Waals surface area contributed by atoms with Crippen molar-refractivity contribution < 1.29 is 0 Å². The first-order valence-electron chi connectivity index (χ1n) is 11.9. The van der Waals surface area contributed by atoms with E-state index in [1.54, 1.807) is 0 Å². The molecule has 162 valence electrons. The third-order valence-electron chi connectivity index (χ3n) is 7.40. The summed E-state index contributed by atoms with van der Waals surface area (Å²) in [5, 5.41) is 0. The third kappa shape index (κ3) is 4.38. The normalized spacial score (nSPS) is 18.7. The van der Waals surface area contributed by atoms with E-state index in [-0.39, 0.29) is 0 Å². The summed E-state index contributed by atoms with van der Waals surface area (Å²) in [6.45, 7) is 9.17. The van der Waals surface area contributed by atoms with E-state index in [2.05, 4.69) is 60.0 Å². The highest BCUT2D eigenvalue weighted by Crippen LogP contribution is 2.37. The lowest BCUT2D eigenvalue weighted by molar-refractivity contribution is 0.233. The molecule has 0 saturated carbocycles. The van der Waals surface area contributed by atoms with Crippen LogP contribution >= 0.6 is 0 Å². The Morgan fingerprint density at radius 2 is 1.03 bits per heavy atom. The number of aryl methyl sites for hydroxylation is 2. The summed E-state index contributed by atoms with van der Waals surface area (Å²) in [5.41, 5.74) is 19.3. The van der Waals surface area contributed by atoms with Gasteiger partial charge in [0.1, 0.15) is 0 Å². The van der Waals surface area contributed by atoms with Crippen LogP contribution in [0.1, 0.15) is 50.7 Å². The number of nitrogens with zero attached hydrogens (tertiary/aromatic N) is 2. The van der Waals surface area contributed by atoms with Gasteiger partial charge in [-0.3, -0.25) is 0 Å². The Morgan fingerprint density at radius 1 is 0.667 bits per heavy atom. The first kappa shape index (κ1) is 20.9. The van der Waals surface area contributed by atoms with E-state index in [4.69, 9.17) is 11.5 Å². The minimum absolute atomic E-state index is 0.874. The molecule has 0 aliphatic carbocycles. The lowest BCUT2D eigenvalue weighted by atomic mass is 9.78. The molecule has 4 N–H and O–H groups in total. The highest BCUT2D eigenvalue weighted by Gasteiger charge is 2.30. The van der Waals surface area contributed by atoms with Gasteiger partial charge in [-0.25, -0.2) is 0 Å². The second-order valence-electron chi connectivity index (χ2n) is 9.13. The van der Waals surface area contributed by atoms with Gasteiger partial charge in [-0.2, -0.15) is 0 Å². The van der Waals surface area contributed by atoms with Crippen LogP contribution in [0.4, 0.5) is 22.7 Å². The summed E-state index contributed by atoms with van der Waals surface area (Å²) >= 11 is 0. The number of rotatable bonds is 5. The Labute approximate surface area is 182 Å². The molecular formula is C26H38N4. The molecule has 0 radical (unpaired) electrons. The van der Waals surface area contributed by atoms with Crippen LogP contribution in [0.5, 0.6) is 0 Å². The third-order valence-corrected chi connectivity index (χ3v) is 7.40. The van der Waals surface area contributed by atoms with Crippen molar-refractivity contribution >= 4 is 22.7 Å². The van der Waals surface area contributed by atoms with Crippen molar-refractivity contribution in [2.45, 2.75) is 52.4 Å². The molecule has 2 aromatic carbocycles. The monoisotopic (exact) mass is 406 g/mol. The number of nitrogen functional groups attached to an aromatic ring is 2. The molecule has 0 aromatic heterocycles. The quantitative estimate of drug-likeness (QED) is 0.678. The van der Waals surface area contributed by atoms with Crippen molar-refractivity contribution in [2.75, 3.05) is 47.4 Å². The van der Waals surface area contributed by atoms with Gasteiger partial charge in [0.25, 0.3) is 0 Å². The average Bonchev–Trinajstić information content (AvgIpc) is 2.79. The highest BCUT2D eigenvalue weighted by atomic mass is 15.1. The zero-order valence-corrected chi connectivity index (χ0v) is 18.7. The highest BCUT2D eigenvalue weighted by molar-refractivity contribution is 5.61. The molecule has 0 atom stereocenters. The van der Waals surface area contributed by atoms with Crippen LogP contribution in [0.25, 0.3) is 0 Å². The number of nitrogens with two attached hydrogens (primary N) is 2. The van der Waals surface area contributed by atoms with E-state index in [0.29, 0.717) is 0 Å². The number of hydrogen-bond donors (Lipinski definition) is 2. The maximum atomic E-state index is 6.00. The van der Waals surface area contributed by atoms with Crippen LogP contribution in [0.15, 0.2) is 36.4 Å². The van der Waals surface area contributed by atoms with Gasteiger partial charge in [0.05, 0.1) is 0 Å². The largest absolute Gasteiger partial charge is 0.399 e. The Morgan fingerprint density at radius 3 is 1.37 bits per heavy atom. The second-order valence-corrected chi connectivity index (χ2v) is 9.13. The molecule has 2 heterocycles. The average molecular weight is 407 g/mol. The van der Waals surface area contributed by atoms with Crippen LogP contribution < -0.4 is 21.3 Å². The Balaban J connectivity index is 1.33. The molecule has 4 rings (SSSR count). The van der Waals surface area contributed by atoms with E-state index in [9.17, 15) is 0 Å². The summed E-state index contributed by atoms with van der Waals surface area (Å²) in [4.78, 5) is 5.18.